The first-order valence-corrected chi connectivity index (χ1v) is 8.65. The monoisotopic (exact) mass is 374 g/mol. The molecule has 0 radical (unpaired) electrons. The van der Waals surface area contributed by atoms with Crippen LogP contribution >= 0.6 is 23.2 Å². The van der Waals surface area contributed by atoms with Crippen LogP contribution in [0, 0.1) is 5.82 Å². The molecule has 0 unspecified atom stereocenters. The van der Waals surface area contributed by atoms with Crippen molar-refractivity contribution in [3.05, 3.63) is 69.7 Å². The molecule has 0 atom stereocenters. The largest absolute Gasteiger partial charge is 0.304 e. The fourth-order valence-corrected chi connectivity index (χ4v) is 3.75. The zero-order valence-electron chi connectivity index (χ0n) is 13.1. The van der Waals surface area contributed by atoms with Crippen molar-refractivity contribution < 1.29 is 9.18 Å². The Bertz CT molecular complexity index is 1010. The van der Waals surface area contributed by atoms with E-state index < -0.39 is 5.82 Å². The highest BCUT2D eigenvalue weighted by Gasteiger charge is 2.28. The van der Waals surface area contributed by atoms with Crippen molar-refractivity contribution in [2.75, 3.05) is 11.4 Å². The lowest BCUT2D eigenvalue weighted by Gasteiger charge is -2.29. The summed E-state index contributed by atoms with van der Waals surface area (Å²) in [5.74, 6) is -0.864. The molecule has 0 fully saturated rings. The van der Waals surface area contributed by atoms with Crippen molar-refractivity contribution in [2.24, 2.45) is 0 Å². The van der Waals surface area contributed by atoms with Crippen LogP contribution in [0.5, 0.6) is 0 Å². The quantitative estimate of drug-likeness (QED) is 0.543. The molecule has 0 saturated carbocycles. The lowest BCUT2D eigenvalue weighted by atomic mass is 10.0. The van der Waals surface area contributed by atoms with E-state index >= 15 is 0 Å². The molecular weight excluding hydrogens is 362 g/mol. The molecule has 0 aliphatic carbocycles. The van der Waals surface area contributed by atoms with Crippen LogP contribution in [0.15, 0.2) is 42.5 Å². The maximum Gasteiger partial charge on any atom is 0.277 e. The normalized spacial score (nSPS) is 13.8. The van der Waals surface area contributed by atoms with Gasteiger partial charge in [-0.15, -0.1) is 0 Å². The summed E-state index contributed by atoms with van der Waals surface area (Å²) in [5, 5.41) is 2.19. The van der Waals surface area contributed by atoms with Crippen molar-refractivity contribution >= 4 is 45.6 Å². The average molecular weight is 375 g/mol. The number of aryl methyl sites for hydroxylation is 1. The van der Waals surface area contributed by atoms with Gasteiger partial charge >= 0.3 is 0 Å². The van der Waals surface area contributed by atoms with Gasteiger partial charge in [-0.3, -0.25) is 4.79 Å². The topological polar surface area (TPSA) is 33.2 Å². The summed E-state index contributed by atoms with van der Waals surface area (Å²) in [6.45, 7) is 0.427. The second-order valence-corrected chi connectivity index (χ2v) is 6.77. The van der Waals surface area contributed by atoms with E-state index in [2.05, 4.69) is 4.98 Å². The number of rotatable bonds is 1. The van der Waals surface area contributed by atoms with Gasteiger partial charge in [0, 0.05) is 17.0 Å². The predicted molar refractivity (Wildman–Crippen MR) is 98.2 cm³/mol. The highest BCUT2D eigenvalue weighted by molar-refractivity contribution is 6.34. The molecule has 1 aliphatic rings. The van der Waals surface area contributed by atoms with Gasteiger partial charge < -0.3 is 4.90 Å². The summed E-state index contributed by atoms with van der Waals surface area (Å²) in [5.41, 5.74) is 1.22. The Labute approximate surface area is 154 Å². The van der Waals surface area contributed by atoms with Gasteiger partial charge in [0.15, 0.2) is 0 Å². The summed E-state index contributed by atoms with van der Waals surface area (Å²) in [4.78, 5) is 18.7. The van der Waals surface area contributed by atoms with E-state index in [1.165, 1.54) is 11.0 Å². The summed E-state index contributed by atoms with van der Waals surface area (Å²) in [7, 11) is 0. The summed E-state index contributed by atoms with van der Waals surface area (Å²) < 4.78 is 14.5. The third kappa shape index (κ3) is 2.86. The fourth-order valence-electron chi connectivity index (χ4n) is 3.26. The van der Waals surface area contributed by atoms with Gasteiger partial charge in [-0.25, -0.2) is 9.37 Å². The molecule has 1 aliphatic heterocycles. The van der Waals surface area contributed by atoms with E-state index in [4.69, 9.17) is 23.2 Å². The van der Waals surface area contributed by atoms with Crippen molar-refractivity contribution in [1.29, 1.82) is 0 Å². The highest BCUT2D eigenvalue weighted by atomic mass is 35.5. The molecule has 1 amide bonds. The van der Waals surface area contributed by atoms with Crippen LogP contribution in [0.3, 0.4) is 0 Å². The number of nitrogens with zero attached hydrogens (tertiary/aromatic N) is 2. The molecule has 0 spiro atoms. The number of aromatic nitrogens is 1. The Morgan fingerprint density at radius 3 is 2.80 bits per heavy atom. The van der Waals surface area contributed by atoms with E-state index in [0.717, 1.165) is 22.8 Å². The zero-order valence-corrected chi connectivity index (χ0v) is 14.6. The molecule has 3 nitrogen and oxygen atoms in total. The van der Waals surface area contributed by atoms with E-state index in [0.29, 0.717) is 18.0 Å². The van der Waals surface area contributed by atoms with Crippen LogP contribution in [0.1, 0.15) is 22.5 Å². The molecule has 126 valence electrons. The van der Waals surface area contributed by atoms with Crippen LogP contribution < -0.4 is 4.90 Å². The van der Waals surface area contributed by atoms with Gasteiger partial charge in [-0.2, -0.15) is 0 Å². The number of hydrogen-bond acceptors (Lipinski definition) is 2. The van der Waals surface area contributed by atoms with Gasteiger partial charge in [-0.05, 0) is 42.0 Å². The molecule has 3 aromatic rings. The molecule has 4 rings (SSSR count). The number of hydrogen-bond donors (Lipinski definition) is 0. The smallest absolute Gasteiger partial charge is 0.277 e. The average Bonchev–Trinajstić information content (AvgIpc) is 2.60. The first-order valence-electron chi connectivity index (χ1n) is 7.89. The summed E-state index contributed by atoms with van der Waals surface area (Å²) >= 11 is 12.2. The molecule has 25 heavy (non-hydrogen) atoms. The molecule has 2 aromatic carbocycles. The Morgan fingerprint density at radius 2 is 1.96 bits per heavy atom. The van der Waals surface area contributed by atoms with E-state index in [1.54, 1.807) is 12.1 Å². The van der Waals surface area contributed by atoms with Crippen LogP contribution in [-0.4, -0.2) is 17.4 Å². The van der Waals surface area contributed by atoms with Gasteiger partial charge in [0.2, 0.25) is 0 Å². The van der Waals surface area contributed by atoms with Crippen LogP contribution in [-0.2, 0) is 6.42 Å². The number of amides is 1. The molecule has 2 heterocycles. The Kier molecular flexibility index (Phi) is 4.10. The molecule has 0 N–H and O–H groups in total. The van der Waals surface area contributed by atoms with Crippen molar-refractivity contribution in [2.45, 2.75) is 12.8 Å². The number of carbonyl (C=O) groups excluding carboxylic acids is 1. The van der Waals surface area contributed by atoms with Crippen LogP contribution in [0.25, 0.3) is 10.8 Å². The Hall–Kier alpha value is -2.17. The van der Waals surface area contributed by atoms with E-state index in [-0.39, 0.29) is 22.4 Å². The number of halogens is 3. The highest BCUT2D eigenvalue weighted by Crippen LogP contribution is 2.34. The molecule has 0 bridgehead atoms. The standard InChI is InChI=1S/C19H13Cl2FN2O/c20-13-8-12-5-3-7-24(17(12)15(22)10-13)19(25)16-9-11-4-1-2-6-14(11)18(21)23-16/h1-2,4,6,8-10H,3,5,7H2. The van der Waals surface area contributed by atoms with Gasteiger partial charge in [0.05, 0.1) is 5.69 Å². The summed E-state index contributed by atoms with van der Waals surface area (Å²) in [6.07, 6.45) is 1.42. The SMILES string of the molecule is O=C(c1cc2ccccc2c(Cl)n1)N1CCCc2cc(Cl)cc(F)c21. The molecule has 6 heteroatoms. The lowest BCUT2D eigenvalue weighted by molar-refractivity contribution is 0.0979. The first-order chi connectivity index (χ1) is 12.0. The third-order valence-corrected chi connectivity index (χ3v) is 4.87. The van der Waals surface area contributed by atoms with E-state index in [9.17, 15) is 9.18 Å². The van der Waals surface area contributed by atoms with Crippen molar-refractivity contribution in [3.8, 4) is 0 Å². The zero-order chi connectivity index (χ0) is 17.6. The molecule has 1 aromatic heterocycles. The minimum absolute atomic E-state index is 0.200. The van der Waals surface area contributed by atoms with Crippen LogP contribution in [0.4, 0.5) is 10.1 Å². The predicted octanol–water partition coefficient (Wildman–Crippen LogP) is 5.27. The number of pyridine rings is 1. The maximum absolute atomic E-state index is 14.5. The van der Waals surface area contributed by atoms with Crippen LogP contribution in [0.2, 0.25) is 10.2 Å². The lowest BCUT2D eigenvalue weighted by Crippen LogP contribution is -2.36. The second-order valence-electron chi connectivity index (χ2n) is 5.98. The van der Waals surface area contributed by atoms with Crippen molar-refractivity contribution in [1.82, 2.24) is 4.98 Å². The minimum atomic E-state index is -0.498. The summed E-state index contributed by atoms with van der Waals surface area (Å²) in [6, 6.07) is 12.1. The molecular formula is C19H13Cl2FN2O. The number of carbonyl (C=O) groups is 1. The maximum atomic E-state index is 14.5. The minimum Gasteiger partial charge on any atom is -0.304 e. The fraction of sp³-hybridized carbons (Fsp3) is 0.158. The van der Waals surface area contributed by atoms with Gasteiger partial charge in [-0.1, -0.05) is 47.5 Å². The number of benzene rings is 2. The number of fused-ring (bicyclic) bond motifs is 2. The van der Waals surface area contributed by atoms with Gasteiger partial charge in [0.25, 0.3) is 5.91 Å². The Morgan fingerprint density at radius 1 is 1.16 bits per heavy atom. The van der Waals surface area contributed by atoms with Gasteiger partial charge in [0.1, 0.15) is 16.7 Å². The van der Waals surface area contributed by atoms with E-state index in [1.807, 2.05) is 24.3 Å². The third-order valence-electron chi connectivity index (χ3n) is 4.36. The first kappa shape index (κ1) is 16.3. The Balaban J connectivity index is 1.81. The second kappa shape index (κ2) is 6.28. The molecule has 0 saturated heterocycles. The van der Waals surface area contributed by atoms with Crippen molar-refractivity contribution in [3.63, 3.8) is 0 Å². The number of anilines is 1.